The zero-order chi connectivity index (χ0) is 27.1. The third kappa shape index (κ3) is 4.68. The Morgan fingerprint density at radius 1 is 1.12 bits per heavy atom. The highest BCUT2D eigenvalue weighted by atomic mass is 32.2. The van der Waals surface area contributed by atoms with Gasteiger partial charge in [-0.25, -0.2) is 15.0 Å². The summed E-state index contributed by atoms with van der Waals surface area (Å²) in [7, 11) is 1.65. The van der Waals surface area contributed by atoms with Gasteiger partial charge in [-0.3, -0.25) is 4.98 Å². The van der Waals surface area contributed by atoms with Gasteiger partial charge < -0.3 is 29.7 Å². The molecule has 3 aromatic rings. The van der Waals surface area contributed by atoms with Crippen molar-refractivity contribution in [3.63, 3.8) is 0 Å². The molecule has 1 aliphatic carbocycles. The fraction of sp³-hybridized carbons (Fsp3) is 0.517. The van der Waals surface area contributed by atoms with E-state index in [0.29, 0.717) is 32.0 Å². The lowest BCUT2D eigenvalue weighted by molar-refractivity contribution is -0.0414. The normalized spacial score (nSPS) is 24.5. The van der Waals surface area contributed by atoms with Gasteiger partial charge >= 0.3 is 0 Å². The number of ether oxygens (including phenoxy) is 3. The van der Waals surface area contributed by atoms with E-state index in [2.05, 4.69) is 25.8 Å². The number of piperidine rings is 1. The van der Waals surface area contributed by atoms with Crippen molar-refractivity contribution in [3.05, 3.63) is 54.2 Å². The minimum absolute atomic E-state index is 0.0578. The Bertz CT molecular complexity index is 1350. The fourth-order valence-electron chi connectivity index (χ4n) is 6.83. The summed E-state index contributed by atoms with van der Waals surface area (Å²) in [4.78, 5) is 24.5. The van der Waals surface area contributed by atoms with Crippen molar-refractivity contribution in [1.82, 2.24) is 19.9 Å². The Labute approximate surface area is 238 Å². The molecular weight excluding hydrogens is 526 g/mol. The number of hydrogen-bond donors (Lipinski definition) is 1. The quantitative estimate of drug-likeness (QED) is 0.338. The molecule has 3 atom stereocenters. The molecule has 4 aliphatic rings. The van der Waals surface area contributed by atoms with Crippen LogP contribution in [0.25, 0.3) is 0 Å². The summed E-state index contributed by atoms with van der Waals surface area (Å²) in [6.07, 6.45) is 11.5. The number of nitrogens with zero attached hydrogens (tertiary/aromatic N) is 6. The molecular formula is C29H35N7O3S. The maximum atomic E-state index is 6.72. The number of rotatable bonds is 7. The zero-order valence-corrected chi connectivity index (χ0v) is 23.6. The number of pyridine rings is 2. The molecule has 3 aliphatic heterocycles. The number of anilines is 2. The number of aromatic nitrogens is 4. The van der Waals surface area contributed by atoms with Gasteiger partial charge in [-0.15, -0.1) is 0 Å². The standard InChI is InChI=1S/C29H35N7O3S/c1-37-18-38-16-19-11-20-17-39-26-23(4-8-32-28(26)36(20)15-19)40-25-14-33-24(13-34-25)35-9-5-29(6-10-35)12-22-21(27(29)30)3-2-7-31-22/h2-4,7-8,13-14,19-20,27H,5-6,9-12,15-18,30H2,1H3/t19-,20?,27+/m0/s1. The van der Waals surface area contributed by atoms with Crippen LogP contribution in [0.1, 0.15) is 36.6 Å². The van der Waals surface area contributed by atoms with E-state index in [0.717, 1.165) is 72.6 Å². The topological polar surface area (TPSA) is 112 Å². The van der Waals surface area contributed by atoms with Crippen LogP contribution in [0.3, 0.4) is 0 Å². The minimum Gasteiger partial charge on any atom is -0.486 e. The van der Waals surface area contributed by atoms with Gasteiger partial charge in [-0.1, -0.05) is 17.8 Å². The molecule has 0 aromatic carbocycles. The molecule has 7 rings (SSSR count). The second-order valence-corrected chi connectivity index (χ2v) is 12.4. The molecule has 0 amide bonds. The smallest absolute Gasteiger partial charge is 0.175 e. The first-order valence-corrected chi connectivity index (χ1v) is 14.8. The molecule has 10 nitrogen and oxygen atoms in total. The van der Waals surface area contributed by atoms with Crippen molar-refractivity contribution in [1.29, 1.82) is 0 Å². The molecule has 2 saturated heterocycles. The Balaban J connectivity index is 0.994. The van der Waals surface area contributed by atoms with Crippen molar-refractivity contribution in [2.45, 2.75) is 47.7 Å². The number of hydrogen-bond acceptors (Lipinski definition) is 11. The van der Waals surface area contributed by atoms with E-state index in [1.54, 1.807) is 18.9 Å². The third-order valence-electron chi connectivity index (χ3n) is 8.95. The Kier molecular flexibility index (Phi) is 6.99. The van der Waals surface area contributed by atoms with E-state index in [4.69, 9.17) is 29.9 Å². The van der Waals surface area contributed by atoms with Crippen LogP contribution >= 0.6 is 11.8 Å². The van der Waals surface area contributed by atoms with Crippen molar-refractivity contribution in [2.75, 3.05) is 56.6 Å². The van der Waals surface area contributed by atoms with E-state index in [-0.39, 0.29) is 11.5 Å². The average Bonchev–Trinajstić information content (AvgIpc) is 3.53. The minimum atomic E-state index is 0.0578. The SMILES string of the molecule is COCOC[C@H]1CC2COc3c(Sc4cnc(N5CCC6(CC5)Cc5ncccc5[C@H]6N)cn4)ccnc3N2C1. The lowest BCUT2D eigenvalue weighted by atomic mass is 9.73. The molecule has 210 valence electrons. The second kappa shape index (κ2) is 10.8. The summed E-state index contributed by atoms with van der Waals surface area (Å²) in [6, 6.07) is 6.51. The average molecular weight is 562 g/mol. The van der Waals surface area contributed by atoms with Gasteiger partial charge in [-0.05, 0) is 48.8 Å². The molecule has 2 fully saturated rings. The largest absolute Gasteiger partial charge is 0.486 e. The first kappa shape index (κ1) is 25.9. The number of fused-ring (bicyclic) bond motifs is 4. The highest BCUT2D eigenvalue weighted by molar-refractivity contribution is 7.99. The molecule has 2 N–H and O–H groups in total. The molecule has 0 radical (unpaired) electrons. The molecule has 1 spiro atoms. The van der Waals surface area contributed by atoms with Gasteiger partial charge in [0.25, 0.3) is 0 Å². The van der Waals surface area contributed by atoms with Crippen molar-refractivity contribution in [2.24, 2.45) is 17.1 Å². The monoisotopic (exact) mass is 561 g/mol. The van der Waals surface area contributed by atoms with Gasteiger partial charge in [0.15, 0.2) is 11.6 Å². The Morgan fingerprint density at radius 3 is 2.83 bits per heavy atom. The fourth-order valence-corrected chi connectivity index (χ4v) is 7.64. The third-order valence-corrected chi connectivity index (χ3v) is 9.91. The highest BCUT2D eigenvalue weighted by Crippen LogP contribution is 2.50. The maximum absolute atomic E-state index is 6.72. The van der Waals surface area contributed by atoms with Crippen LogP contribution in [0.5, 0.6) is 5.75 Å². The molecule has 11 heteroatoms. The summed E-state index contributed by atoms with van der Waals surface area (Å²) in [5.41, 5.74) is 9.21. The first-order chi connectivity index (χ1) is 19.6. The van der Waals surface area contributed by atoms with Crippen LogP contribution in [0.2, 0.25) is 0 Å². The number of nitrogens with two attached hydrogens (primary N) is 1. The second-order valence-electron chi connectivity index (χ2n) is 11.3. The summed E-state index contributed by atoms with van der Waals surface area (Å²) in [5, 5.41) is 0.836. The van der Waals surface area contributed by atoms with E-state index in [1.165, 1.54) is 11.3 Å². The van der Waals surface area contributed by atoms with Crippen LogP contribution in [-0.4, -0.2) is 72.7 Å². The van der Waals surface area contributed by atoms with Crippen molar-refractivity contribution in [3.8, 4) is 5.75 Å². The van der Waals surface area contributed by atoms with Crippen LogP contribution < -0.4 is 20.3 Å². The molecule has 1 unspecified atom stereocenters. The van der Waals surface area contributed by atoms with E-state index < -0.39 is 0 Å². The summed E-state index contributed by atoms with van der Waals surface area (Å²) < 4.78 is 16.9. The Hall–Kier alpha value is -2.99. The first-order valence-electron chi connectivity index (χ1n) is 14.0. The van der Waals surface area contributed by atoms with Crippen molar-refractivity contribution < 1.29 is 14.2 Å². The van der Waals surface area contributed by atoms with Gasteiger partial charge in [0.05, 0.1) is 29.9 Å². The van der Waals surface area contributed by atoms with Crippen LogP contribution in [0.4, 0.5) is 11.6 Å². The van der Waals surface area contributed by atoms with E-state index in [1.807, 2.05) is 36.9 Å². The number of methoxy groups -OCH3 is 1. The van der Waals surface area contributed by atoms with Crippen molar-refractivity contribution >= 4 is 23.4 Å². The Morgan fingerprint density at radius 2 is 2.02 bits per heavy atom. The predicted octanol–water partition coefficient (Wildman–Crippen LogP) is 3.47. The van der Waals surface area contributed by atoms with Gasteiger partial charge in [0.2, 0.25) is 0 Å². The molecule has 40 heavy (non-hydrogen) atoms. The van der Waals surface area contributed by atoms with Crippen LogP contribution in [-0.2, 0) is 15.9 Å². The lowest BCUT2D eigenvalue weighted by Gasteiger charge is -2.42. The van der Waals surface area contributed by atoms with Gasteiger partial charge in [0.1, 0.15) is 24.2 Å². The maximum Gasteiger partial charge on any atom is 0.175 e. The zero-order valence-electron chi connectivity index (χ0n) is 22.7. The van der Waals surface area contributed by atoms with E-state index in [9.17, 15) is 0 Å². The van der Waals surface area contributed by atoms with Gasteiger partial charge in [0, 0.05) is 56.8 Å². The molecule has 6 heterocycles. The van der Waals surface area contributed by atoms with Crippen LogP contribution in [0, 0.1) is 11.3 Å². The molecule has 3 aromatic heterocycles. The van der Waals surface area contributed by atoms with E-state index >= 15 is 0 Å². The summed E-state index contributed by atoms with van der Waals surface area (Å²) in [6.45, 7) is 4.41. The molecule has 0 bridgehead atoms. The predicted molar refractivity (Wildman–Crippen MR) is 152 cm³/mol. The summed E-state index contributed by atoms with van der Waals surface area (Å²) >= 11 is 1.57. The van der Waals surface area contributed by atoms with Crippen LogP contribution in [0.15, 0.2) is 52.9 Å². The molecule has 0 saturated carbocycles. The van der Waals surface area contributed by atoms with Gasteiger partial charge in [-0.2, -0.15) is 0 Å². The lowest BCUT2D eigenvalue weighted by Crippen LogP contribution is -2.44. The summed E-state index contributed by atoms with van der Waals surface area (Å²) in [5.74, 6) is 3.09. The highest BCUT2D eigenvalue weighted by Gasteiger charge is 2.46.